The molecule has 0 spiro atoms. The number of carbonyl (C=O) groups is 1. The topological polar surface area (TPSA) is 79.9 Å². The van der Waals surface area contributed by atoms with Crippen LogP contribution in [0, 0.1) is 11.3 Å². The van der Waals surface area contributed by atoms with Crippen LogP contribution in [0.15, 0.2) is 36.8 Å². The van der Waals surface area contributed by atoms with Gasteiger partial charge in [-0.15, -0.1) is 0 Å². The maximum Gasteiger partial charge on any atom is 0.251 e. The zero-order valence-electron chi connectivity index (χ0n) is 12.9. The van der Waals surface area contributed by atoms with Crippen LogP contribution in [0.5, 0.6) is 0 Å². The van der Waals surface area contributed by atoms with Crippen molar-refractivity contribution in [2.75, 3.05) is 6.61 Å². The lowest BCUT2D eigenvalue weighted by Gasteiger charge is -2.30. The highest BCUT2D eigenvalue weighted by atomic mass is 16.5. The van der Waals surface area contributed by atoms with Crippen molar-refractivity contribution in [3.63, 3.8) is 0 Å². The lowest BCUT2D eigenvalue weighted by atomic mass is 10.0. The number of aryl methyl sites for hydroxylation is 1. The van der Waals surface area contributed by atoms with Gasteiger partial charge in [0.1, 0.15) is 6.10 Å². The molecule has 1 aliphatic heterocycles. The molecular weight excluding hydrogens is 292 g/mol. The summed E-state index contributed by atoms with van der Waals surface area (Å²) in [5.74, 6) is -0.155. The molecule has 3 rings (SSSR count). The van der Waals surface area contributed by atoms with Crippen LogP contribution in [-0.4, -0.2) is 28.1 Å². The number of hydrogen-bond acceptors (Lipinski definition) is 4. The van der Waals surface area contributed by atoms with E-state index in [-0.39, 0.29) is 18.1 Å². The molecule has 6 nitrogen and oxygen atoms in total. The minimum Gasteiger partial charge on any atom is -0.372 e. The Balaban J connectivity index is 1.66. The molecule has 118 valence electrons. The third-order valence-corrected chi connectivity index (χ3v) is 4.06. The second kappa shape index (κ2) is 6.63. The van der Waals surface area contributed by atoms with Crippen molar-refractivity contribution in [1.82, 2.24) is 14.9 Å². The lowest BCUT2D eigenvalue weighted by molar-refractivity contribution is -0.00301. The number of carbonyl (C=O) groups excluding carboxylic acids is 1. The Morgan fingerprint density at radius 2 is 2.39 bits per heavy atom. The fraction of sp³-hybridized carbons (Fsp3) is 0.353. The van der Waals surface area contributed by atoms with E-state index in [0.717, 1.165) is 12.1 Å². The molecule has 23 heavy (non-hydrogen) atoms. The van der Waals surface area contributed by atoms with E-state index >= 15 is 0 Å². The van der Waals surface area contributed by atoms with Gasteiger partial charge < -0.3 is 14.6 Å². The van der Waals surface area contributed by atoms with E-state index in [9.17, 15) is 4.79 Å². The molecule has 2 atom stereocenters. The van der Waals surface area contributed by atoms with Crippen molar-refractivity contribution < 1.29 is 9.53 Å². The van der Waals surface area contributed by atoms with Gasteiger partial charge in [0, 0.05) is 25.3 Å². The van der Waals surface area contributed by atoms with Gasteiger partial charge in [-0.1, -0.05) is 6.07 Å². The van der Waals surface area contributed by atoms with Crippen LogP contribution >= 0.6 is 0 Å². The number of imidazole rings is 1. The Hall–Kier alpha value is -2.65. The van der Waals surface area contributed by atoms with Crippen molar-refractivity contribution in [2.24, 2.45) is 7.05 Å². The summed E-state index contributed by atoms with van der Waals surface area (Å²) >= 11 is 0. The van der Waals surface area contributed by atoms with Crippen LogP contribution in [-0.2, 0) is 11.8 Å². The van der Waals surface area contributed by atoms with E-state index in [0.29, 0.717) is 24.2 Å². The minimum absolute atomic E-state index is 0.0434. The summed E-state index contributed by atoms with van der Waals surface area (Å²) in [5, 5.41) is 12.0. The Kier molecular flexibility index (Phi) is 4.40. The average Bonchev–Trinajstić information content (AvgIpc) is 3.01. The van der Waals surface area contributed by atoms with E-state index in [2.05, 4.69) is 10.3 Å². The summed E-state index contributed by atoms with van der Waals surface area (Å²) < 4.78 is 7.74. The summed E-state index contributed by atoms with van der Waals surface area (Å²) in [6, 6.07) is 8.81. The fourth-order valence-corrected chi connectivity index (χ4v) is 2.81. The van der Waals surface area contributed by atoms with Gasteiger partial charge in [-0.2, -0.15) is 5.26 Å². The molecule has 1 fully saturated rings. The van der Waals surface area contributed by atoms with Crippen LogP contribution < -0.4 is 5.32 Å². The van der Waals surface area contributed by atoms with E-state index < -0.39 is 0 Å². The second-order valence-corrected chi connectivity index (χ2v) is 5.68. The van der Waals surface area contributed by atoms with Gasteiger partial charge >= 0.3 is 0 Å². The molecule has 1 saturated heterocycles. The SMILES string of the molecule is Cn1cncc1C1CC(NC(=O)c2cccc(C#N)c2)CCO1. The first-order chi connectivity index (χ1) is 11.2. The molecule has 1 aromatic carbocycles. The molecule has 1 aliphatic rings. The summed E-state index contributed by atoms with van der Waals surface area (Å²) in [6.07, 6.45) is 4.97. The number of rotatable bonds is 3. The van der Waals surface area contributed by atoms with Gasteiger partial charge in [-0.05, 0) is 31.0 Å². The van der Waals surface area contributed by atoms with Gasteiger partial charge in [0.25, 0.3) is 5.91 Å². The molecule has 2 heterocycles. The van der Waals surface area contributed by atoms with Crippen LogP contribution in [0.2, 0.25) is 0 Å². The lowest BCUT2D eigenvalue weighted by Crippen LogP contribution is -2.40. The van der Waals surface area contributed by atoms with Crippen molar-refractivity contribution in [2.45, 2.75) is 25.0 Å². The number of aromatic nitrogens is 2. The molecule has 0 bridgehead atoms. The number of nitrogens with zero attached hydrogens (tertiary/aromatic N) is 3. The zero-order chi connectivity index (χ0) is 16.2. The highest BCUT2D eigenvalue weighted by Gasteiger charge is 2.27. The van der Waals surface area contributed by atoms with Crippen LogP contribution in [0.25, 0.3) is 0 Å². The highest BCUT2D eigenvalue weighted by Crippen LogP contribution is 2.27. The Morgan fingerprint density at radius 3 is 3.13 bits per heavy atom. The predicted octanol–water partition coefficient (Wildman–Crippen LogP) is 1.94. The van der Waals surface area contributed by atoms with E-state index in [4.69, 9.17) is 10.00 Å². The number of hydrogen-bond donors (Lipinski definition) is 1. The van der Waals surface area contributed by atoms with Crippen molar-refractivity contribution in [3.05, 3.63) is 53.6 Å². The maximum atomic E-state index is 12.4. The Labute approximate surface area is 134 Å². The molecule has 1 aromatic heterocycles. The zero-order valence-corrected chi connectivity index (χ0v) is 12.9. The molecule has 1 amide bonds. The van der Waals surface area contributed by atoms with E-state index in [1.807, 2.05) is 17.7 Å². The maximum absolute atomic E-state index is 12.4. The third-order valence-electron chi connectivity index (χ3n) is 4.06. The van der Waals surface area contributed by atoms with E-state index in [1.165, 1.54) is 0 Å². The van der Waals surface area contributed by atoms with Crippen molar-refractivity contribution >= 4 is 5.91 Å². The van der Waals surface area contributed by atoms with Gasteiger partial charge in [0.15, 0.2) is 0 Å². The molecule has 0 radical (unpaired) electrons. The van der Waals surface area contributed by atoms with Crippen LogP contribution in [0.4, 0.5) is 0 Å². The molecule has 2 aromatic rings. The monoisotopic (exact) mass is 310 g/mol. The highest BCUT2D eigenvalue weighted by molar-refractivity contribution is 5.94. The van der Waals surface area contributed by atoms with E-state index in [1.54, 1.807) is 36.8 Å². The second-order valence-electron chi connectivity index (χ2n) is 5.68. The quantitative estimate of drug-likeness (QED) is 0.939. The third kappa shape index (κ3) is 3.41. The normalized spacial score (nSPS) is 20.7. The van der Waals surface area contributed by atoms with Gasteiger partial charge in [-0.25, -0.2) is 4.98 Å². The van der Waals surface area contributed by atoms with Crippen LogP contribution in [0.1, 0.15) is 40.6 Å². The number of amides is 1. The van der Waals surface area contributed by atoms with Gasteiger partial charge in [0.2, 0.25) is 0 Å². The van der Waals surface area contributed by atoms with Gasteiger partial charge in [0.05, 0.1) is 29.9 Å². The molecule has 0 saturated carbocycles. The molecule has 0 aliphatic carbocycles. The first-order valence-corrected chi connectivity index (χ1v) is 7.56. The van der Waals surface area contributed by atoms with Crippen molar-refractivity contribution in [1.29, 1.82) is 5.26 Å². The molecular formula is C17H18N4O2. The van der Waals surface area contributed by atoms with Crippen LogP contribution in [0.3, 0.4) is 0 Å². The fourth-order valence-electron chi connectivity index (χ4n) is 2.81. The predicted molar refractivity (Wildman–Crippen MR) is 83.5 cm³/mol. The number of nitriles is 1. The average molecular weight is 310 g/mol. The first kappa shape index (κ1) is 15.3. The standard InChI is InChI=1S/C17H18N4O2/c1-21-11-19-10-15(21)16-8-14(5-6-23-16)20-17(22)13-4-2-3-12(7-13)9-18/h2-4,7,10-11,14,16H,5-6,8H2,1H3,(H,20,22). The minimum atomic E-state index is -0.155. The summed E-state index contributed by atoms with van der Waals surface area (Å²) in [4.78, 5) is 16.5. The largest absolute Gasteiger partial charge is 0.372 e. The number of benzene rings is 1. The Bertz CT molecular complexity index is 747. The molecule has 6 heteroatoms. The summed E-state index contributed by atoms with van der Waals surface area (Å²) in [7, 11) is 1.93. The van der Waals surface area contributed by atoms with Gasteiger partial charge in [-0.3, -0.25) is 4.79 Å². The number of nitrogens with one attached hydrogen (secondary N) is 1. The smallest absolute Gasteiger partial charge is 0.251 e. The summed E-state index contributed by atoms with van der Waals surface area (Å²) in [5.41, 5.74) is 2.00. The molecule has 1 N–H and O–H groups in total. The Morgan fingerprint density at radius 1 is 1.52 bits per heavy atom. The number of ether oxygens (including phenoxy) is 1. The summed E-state index contributed by atoms with van der Waals surface area (Å²) in [6.45, 7) is 0.596. The van der Waals surface area contributed by atoms with Crippen molar-refractivity contribution in [3.8, 4) is 6.07 Å². The first-order valence-electron chi connectivity index (χ1n) is 7.56. The molecule has 2 unspecified atom stereocenters.